The summed E-state index contributed by atoms with van der Waals surface area (Å²) in [6.45, 7) is 25.8. The van der Waals surface area contributed by atoms with E-state index in [2.05, 4.69) is 132 Å². The number of thioether (sulfide) groups is 1. The first-order valence-corrected chi connectivity index (χ1v) is 18.1. The molecule has 0 saturated carbocycles. The zero-order chi connectivity index (χ0) is 35.3. The Labute approximate surface area is 297 Å². The Morgan fingerprint density at radius 2 is 0.660 bits per heavy atom. The molecule has 0 heterocycles. The lowest BCUT2D eigenvalue weighted by Gasteiger charge is -2.33. The van der Waals surface area contributed by atoms with Crippen LogP contribution in [-0.2, 0) is 21.7 Å². The van der Waals surface area contributed by atoms with Crippen molar-refractivity contribution in [3.05, 3.63) is 127 Å². The summed E-state index contributed by atoms with van der Waals surface area (Å²) in [5, 5.41) is 24.4. The molecule has 0 aromatic heterocycles. The summed E-state index contributed by atoms with van der Waals surface area (Å²) in [6, 6.07) is 25.0. The third kappa shape index (κ3) is 8.53. The van der Waals surface area contributed by atoms with Gasteiger partial charge in [0.25, 0.3) is 0 Å². The lowest BCUT2D eigenvalue weighted by molar-refractivity contribution is 0.422. The molecule has 4 aromatic carbocycles. The van der Waals surface area contributed by atoms with E-state index in [1.807, 2.05) is 36.0 Å². The van der Waals surface area contributed by atoms with Gasteiger partial charge in [0, 0.05) is 10.0 Å². The Balaban J connectivity index is 2.07. The van der Waals surface area contributed by atoms with Crippen molar-refractivity contribution in [2.24, 2.45) is 0 Å². The van der Waals surface area contributed by atoms with Crippen molar-refractivity contribution >= 4 is 35.0 Å². The van der Waals surface area contributed by atoms with Crippen LogP contribution >= 0.6 is 35.0 Å². The molecule has 2 nitrogen and oxygen atoms in total. The standard InChI is InChI=1S/C42H52Cl2O2S/c1-39(2,3)31-21-27(22-32(35(31)45)40(4,5)6)37(25-13-17-29(43)18-14-25)47-38(26-15-19-30(44)20-16-26)28-23-33(41(7,8)9)36(46)34(24-28)42(10,11)12/h13-24,37-38,45-46H,1-12H3. The number of aromatic hydroxyl groups is 2. The fourth-order valence-electron chi connectivity index (χ4n) is 6.01. The molecule has 0 radical (unpaired) electrons. The Bertz CT molecular complexity index is 1510. The van der Waals surface area contributed by atoms with Gasteiger partial charge in [-0.1, -0.05) is 155 Å². The third-order valence-corrected chi connectivity index (χ3v) is 10.9. The van der Waals surface area contributed by atoms with Crippen molar-refractivity contribution in [1.82, 2.24) is 0 Å². The van der Waals surface area contributed by atoms with E-state index in [4.69, 9.17) is 23.2 Å². The second kappa shape index (κ2) is 13.4. The molecular formula is C42H52Cl2O2S. The van der Waals surface area contributed by atoms with Gasteiger partial charge in [-0.25, -0.2) is 0 Å². The van der Waals surface area contributed by atoms with Gasteiger partial charge in [0.05, 0.1) is 10.5 Å². The SMILES string of the molecule is CC(C)(C)c1cc(C(SC(c2ccc(Cl)cc2)c2cc(C(C)(C)C)c(O)c(C(C)(C)C)c2)c2ccc(Cl)cc2)cc(C(C)(C)C)c1O. The van der Waals surface area contributed by atoms with Gasteiger partial charge in [-0.3, -0.25) is 0 Å². The lowest BCUT2D eigenvalue weighted by atomic mass is 9.78. The van der Waals surface area contributed by atoms with E-state index in [0.29, 0.717) is 21.5 Å². The van der Waals surface area contributed by atoms with Crippen molar-refractivity contribution in [1.29, 1.82) is 0 Å². The molecular weight excluding hydrogens is 639 g/mol. The zero-order valence-electron chi connectivity index (χ0n) is 30.1. The first-order chi connectivity index (χ1) is 21.5. The summed E-state index contributed by atoms with van der Waals surface area (Å²) in [5.74, 6) is 0.733. The van der Waals surface area contributed by atoms with Crippen molar-refractivity contribution < 1.29 is 10.2 Å². The molecule has 2 atom stereocenters. The molecule has 5 heteroatoms. The number of hydrogen-bond donors (Lipinski definition) is 2. The Hall–Kier alpha value is -2.59. The zero-order valence-corrected chi connectivity index (χ0v) is 32.5. The molecule has 2 unspecified atom stereocenters. The highest BCUT2D eigenvalue weighted by atomic mass is 35.5. The highest BCUT2D eigenvalue weighted by Gasteiger charge is 2.33. The van der Waals surface area contributed by atoms with Crippen LogP contribution in [0.3, 0.4) is 0 Å². The van der Waals surface area contributed by atoms with Crippen molar-refractivity contribution in [2.75, 3.05) is 0 Å². The topological polar surface area (TPSA) is 40.5 Å². The Kier molecular flexibility index (Phi) is 10.6. The maximum absolute atomic E-state index is 11.6. The molecule has 0 saturated heterocycles. The van der Waals surface area contributed by atoms with Gasteiger partial charge in [0.15, 0.2) is 0 Å². The van der Waals surface area contributed by atoms with Crippen LogP contribution in [0.4, 0.5) is 0 Å². The van der Waals surface area contributed by atoms with Crippen LogP contribution in [0.5, 0.6) is 11.5 Å². The summed E-state index contributed by atoms with van der Waals surface area (Å²) in [6.07, 6.45) is 0. The highest BCUT2D eigenvalue weighted by Crippen LogP contribution is 2.52. The van der Waals surface area contributed by atoms with Gasteiger partial charge >= 0.3 is 0 Å². The van der Waals surface area contributed by atoms with Gasteiger partial charge in [-0.2, -0.15) is 0 Å². The fourth-order valence-corrected chi connectivity index (χ4v) is 7.75. The number of rotatable bonds is 6. The van der Waals surface area contributed by atoms with E-state index in [9.17, 15) is 10.2 Å². The molecule has 0 aliphatic rings. The van der Waals surface area contributed by atoms with Gasteiger partial charge in [-0.05, 0) is 90.4 Å². The Morgan fingerprint density at radius 3 is 0.872 bits per heavy atom. The molecule has 252 valence electrons. The summed E-state index contributed by atoms with van der Waals surface area (Å²) in [5.41, 5.74) is 7.10. The van der Waals surface area contributed by atoms with Crippen molar-refractivity contribution in [3.63, 3.8) is 0 Å². The molecule has 0 bridgehead atoms. The molecule has 0 aliphatic carbocycles. The quantitative estimate of drug-likeness (QED) is 0.211. The summed E-state index contributed by atoms with van der Waals surface area (Å²) < 4.78 is 0. The number of phenolic OH excluding ortho intramolecular Hbond substituents is 2. The first-order valence-electron chi connectivity index (χ1n) is 16.4. The third-order valence-electron chi connectivity index (χ3n) is 8.72. The summed E-state index contributed by atoms with van der Waals surface area (Å²) in [4.78, 5) is 0. The lowest BCUT2D eigenvalue weighted by Crippen LogP contribution is -2.19. The minimum Gasteiger partial charge on any atom is -0.507 e. The molecule has 0 amide bonds. The maximum atomic E-state index is 11.6. The Morgan fingerprint density at radius 1 is 0.426 bits per heavy atom. The molecule has 2 N–H and O–H groups in total. The fraction of sp³-hybridized carbons (Fsp3) is 0.429. The van der Waals surface area contributed by atoms with Gasteiger partial charge < -0.3 is 10.2 Å². The first kappa shape index (κ1) is 37.2. The van der Waals surface area contributed by atoms with Crippen LogP contribution in [0.15, 0.2) is 72.8 Å². The van der Waals surface area contributed by atoms with Gasteiger partial charge in [0.2, 0.25) is 0 Å². The van der Waals surface area contributed by atoms with Crippen LogP contribution in [-0.4, -0.2) is 10.2 Å². The molecule has 0 fully saturated rings. The molecule has 0 aliphatic heterocycles. The van der Waals surface area contributed by atoms with Crippen LogP contribution in [0.1, 0.15) is 138 Å². The molecule has 0 spiro atoms. The number of halogens is 2. The number of benzene rings is 4. The average molecular weight is 692 g/mol. The van der Waals surface area contributed by atoms with Crippen molar-refractivity contribution in [2.45, 2.75) is 115 Å². The largest absolute Gasteiger partial charge is 0.507 e. The van der Waals surface area contributed by atoms with Crippen molar-refractivity contribution in [3.8, 4) is 11.5 Å². The van der Waals surface area contributed by atoms with E-state index in [-0.39, 0.29) is 32.2 Å². The van der Waals surface area contributed by atoms with Crippen LogP contribution < -0.4 is 0 Å². The van der Waals surface area contributed by atoms with Gasteiger partial charge in [-0.15, -0.1) is 11.8 Å². The second-order valence-corrected chi connectivity index (χ2v) is 19.0. The van der Waals surface area contributed by atoms with Crippen LogP contribution in [0.2, 0.25) is 10.0 Å². The van der Waals surface area contributed by atoms with E-state index in [1.54, 1.807) is 0 Å². The highest BCUT2D eigenvalue weighted by molar-refractivity contribution is 8.00. The summed E-state index contributed by atoms with van der Waals surface area (Å²) >= 11 is 14.7. The van der Waals surface area contributed by atoms with E-state index >= 15 is 0 Å². The summed E-state index contributed by atoms with van der Waals surface area (Å²) in [7, 11) is 0. The number of hydrogen-bond acceptors (Lipinski definition) is 3. The minimum atomic E-state index is -0.273. The molecule has 4 aromatic rings. The molecule has 47 heavy (non-hydrogen) atoms. The van der Waals surface area contributed by atoms with E-state index in [0.717, 1.165) is 44.5 Å². The second-order valence-electron chi connectivity index (χ2n) is 16.9. The monoisotopic (exact) mass is 690 g/mol. The smallest absolute Gasteiger partial charge is 0.123 e. The normalized spacial score (nSPS) is 14.3. The van der Waals surface area contributed by atoms with Crippen LogP contribution in [0.25, 0.3) is 0 Å². The number of phenols is 2. The van der Waals surface area contributed by atoms with E-state index < -0.39 is 0 Å². The van der Waals surface area contributed by atoms with Crippen LogP contribution in [0, 0.1) is 0 Å². The predicted molar refractivity (Wildman–Crippen MR) is 205 cm³/mol. The molecule has 4 rings (SSSR count). The average Bonchev–Trinajstić information content (AvgIpc) is 2.93. The minimum absolute atomic E-state index is 0.110. The predicted octanol–water partition coefficient (Wildman–Crippen LogP) is 13.2. The van der Waals surface area contributed by atoms with E-state index in [1.165, 1.54) is 0 Å². The maximum Gasteiger partial charge on any atom is 0.123 e. The van der Waals surface area contributed by atoms with Gasteiger partial charge in [0.1, 0.15) is 11.5 Å².